The lowest BCUT2D eigenvalue weighted by Gasteiger charge is -2.14. The molecule has 4 aromatic carbocycles. The molecule has 0 spiro atoms. The monoisotopic (exact) mass is 904 g/mol. The van der Waals surface area contributed by atoms with E-state index in [4.69, 9.17) is 30.2 Å². The van der Waals surface area contributed by atoms with Gasteiger partial charge >= 0.3 is 0 Å². The predicted molar refractivity (Wildman–Crippen MR) is 264 cm³/mol. The number of hydrogen-bond acceptors (Lipinski definition) is 15. The molecule has 0 fully saturated rings. The van der Waals surface area contributed by atoms with Gasteiger partial charge in [-0.25, -0.2) is 25.8 Å². The van der Waals surface area contributed by atoms with Gasteiger partial charge in [0.15, 0.2) is 11.6 Å². The third-order valence-corrected chi connectivity index (χ3v) is 10.9. The summed E-state index contributed by atoms with van der Waals surface area (Å²) in [4.78, 5) is 48.8. The zero-order valence-electron chi connectivity index (χ0n) is 36.7. The number of amides is 1. The van der Waals surface area contributed by atoms with Crippen LogP contribution < -0.4 is 21.9 Å². The Morgan fingerprint density at radius 3 is 1.55 bits per heavy atom. The Balaban J connectivity index is 0.000000160. The van der Waals surface area contributed by atoms with E-state index in [1.54, 1.807) is 37.1 Å². The van der Waals surface area contributed by atoms with Gasteiger partial charge in [-0.15, -0.1) is 10.2 Å². The molecule has 0 bridgehead atoms. The number of hydrogen-bond donors (Lipinski definition) is 4. The Morgan fingerprint density at radius 1 is 0.522 bits per heavy atom. The van der Waals surface area contributed by atoms with Crippen molar-refractivity contribution in [1.82, 2.24) is 55.5 Å². The summed E-state index contributed by atoms with van der Waals surface area (Å²) < 4.78 is 5.33. The second kappa shape index (κ2) is 20.2. The number of fused-ring (bicyclic) bond motifs is 2. The van der Waals surface area contributed by atoms with E-state index in [0.717, 1.165) is 66.8 Å². The van der Waals surface area contributed by atoms with E-state index in [-0.39, 0.29) is 0 Å². The van der Waals surface area contributed by atoms with Crippen LogP contribution >= 0.6 is 0 Å². The first-order valence-electron chi connectivity index (χ1n) is 21.8. The van der Waals surface area contributed by atoms with Gasteiger partial charge in [0.25, 0.3) is 5.91 Å². The van der Waals surface area contributed by atoms with Gasteiger partial charge in [-0.3, -0.25) is 30.2 Å². The van der Waals surface area contributed by atoms with E-state index >= 15 is 0 Å². The van der Waals surface area contributed by atoms with Gasteiger partial charge in [-0.2, -0.15) is 0 Å². The van der Waals surface area contributed by atoms with Crippen LogP contribution in [0.4, 0.5) is 11.6 Å². The molecule has 5 N–H and O–H groups in total. The van der Waals surface area contributed by atoms with Gasteiger partial charge < -0.3 is 15.1 Å². The van der Waals surface area contributed by atoms with Crippen molar-refractivity contribution >= 4 is 39.3 Å². The molecule has 69 heavy (non-hydrogen) atoms. The van der Waals surface area contributed by atoms with Gasteiger partial charge in [-0.05, 0) is 70.8 Å². The molecule has 16 heteroatoms. The zero-order chi connectivity index (χ0) is 46.8. The summed E-state index contributed by atoms with van der Waals surface area (Å²) in [6, 6.07) is 47.6. The lowest BCUT2D eigenvalue weighted by atomic mass is 10.0. The molecule has 16 nitrogen and oxygen atoms in total. The average Bonchev–Trinajstić information content (AvgIpc) is 3.98. The molecule has 0 aliphatic rings. The van der Waals surface area contributed by atoms with Crippen LogP contribution in [0, 0.1) is 0 Å². The number of nitrogen functional groups attached to an aromatic ring is 1. The first-order chi connectivity index (χ1) is 34.1. The molecule has 0 unspecified atom stereocenters. The highest BCUT2D eigenvalue weighted by Crippen LogP contribution is 2.36. The lowest BCUT2D eigenvalue weighted by molar-refractivity contribution is 0.0953. The molecule has 334 valence electrons. The summed E-state index contributed by atoms with van der Waals surface area (Å²) in [5, 5.41) is 16.5. The van der Waals surface area contributed by atoms with E-state index in [0.29, 0.717) is 53.1 Å². The SMILES string of the molecule is NNC(=O)c1cncc(-c2nc(NCc3ccccn3)c3c(-c4ccccc4)cccc3n2)c1.c1ccc(-c2cccc3nc(-c4cncc(-c5nnco5)c4)nc(NCc4ccccn4)c23)cc1. The number of nitrogens with one attached hydrogen (secondary N) is 3. The fourth-order valence-corrected chi connectivity index (χ4v) is 7.70. The lowest BCUT2D eigenvalue weighted by Crippen LogP contribution is -2.30. The summed E-state index contributed by atoms with van der Waals surface area (Å²) >= 11 is 0. The minimum atomic E-state index is -0.435. The first kappa shape index (κ1) is 43.2. The van der Waals surface area contributed by atoms with Crippen molar-refractivity contribution in [3.8, 4) is 56.5 Å². The minimum Gasteiger partial charge on any atom is -0.423 e. The highest BCUT2D eigenvalue weighted by atomic mass is 16.4. The van der Waals surface area contributed by atoms with Gasteiger partial charge in [0.05, 0.1) is 57.4 Å². The zero-order valence-corrected chi connectivity index (χ0v) is 36.7. The maximum absolute atomic E-state index is 12.0. The third kappa shape index (κ3) is 9.81. The predicted octanol–water partition coefficient (Wildman–Crippen LogP) is 9.39. The second-order valence-corrected chi connectivity index (χ2v) is 15.4. The van der Waals surface area contributed by atoms with Crippen LogP contribution in [0.15, 0.2) is 194 Å². The number of carbonyl (C=O) groups excluding carboxylic acids is 1. The van der Waals surface area contributed by atoms with E-state index in [9.17, 15) is 4.79 Å². The average molecular weight is 905 g/mol. The molecule has 11 aromatic rings. The van der Waals surface area contributed by atoms with Crippen molar-refractivity contribution in [2.75, 3.05) is 10.6 Å². The van der Waals surface area contributed by atoms with Crippen molar-refractivity contribution in [3.05, 3.63) is 206 Å². The number of rotatable bonds is 12. The van der Waals surface area contributed by atoms with Crippen LogP contribution in [-0.4, -0.2) is 56.0 Å². The topological polar surface area (TPSA) is 221 Å². The van der Waals surface area contributed by atoms with Gasteiger partial charge in [-0.1, -0.05) is 97.1 Å². The molecule has 0 saturated carbocycles. The Hall–Kier alpha value is -9.67. The maximum Gasteiger partial charge on any atom is 0.266 e. The van der Waals surface area contributed by atoms with Crippen LogP contribution in [0.25, 0.3) is 78.3 Å². The molecule has 7 heterocycles. The summed E-state index contributed by atoms with van der Waals surface area (Å²) in [5.41, 5.74) is 12.1. The van der Waals surface area contributed by atoms with Crippen LogP contribution in [0.5, 0.6) is 0 Å². The van der Waals surface area contributed by atoms with Gasteiger partial charge in [0.2, 0.25) is 12.3 Å². The van der Waals surface area contributed by atoms with Crippen LogP contribution in [0.1, 0.15) is 21.7 Å². The van der Waals surface area contributed by atoms with E-state index in [1.807, 2.05) is 103 Å². The smallest absolute Gasteiger partial charge is 0.266 e. The highest BCUT2D eigenvalue weighted by Gasteiger charge is 2.18. The number of nitrogens with zero attached hydrogens (tertiary/aromatic N) is 10. The Bertz CT molecular complexity index is 3510. The van der Waals surface area contributed by atoms with Crippen molar-refractivity contribution in [2.24, 2.45) is 5.84 Å². The standard InChI is InChI=1S/C27H19N7O.C26H21N7O/c1-2-7-18(8-3-1)22-10-6-11-23-24(22)26(30-16-21-9-4-5-12-29-21)33-25(32-23)19-13-20(15-28-14-19)27-34-31-17-35-27;27-33-26(34)19-13-18(14-28-15-19)24-31-22-11-6-10-21(17-7-2-1-3-8-17)23(22)25(32-24)30-16-20-9-4-5-12-29-20/h1-15,17H,16H2,(H,30,32,33);1-15H,16,27H2,(H,33,34)(H,30,31,32). The van der Waals surface area contributed by atoms with Crippen molar-refractivity contribution in [2.45, 2.75) is 13.1 Å². The Kier molecular flexibility index (Phi) is 12.7. The van der Waals surface area contributed by atoms with E-state index in [1.165, 1.54) is 12.6 Å². The number of hydrazine groups is 1. The molecule has 0 atom stereocenters. The fourth-order valence-electron chi connectivity index (χ4n) is 7.70. The highest BCUT2D eigenvalue weighted by molar-refractivity contribution is 6.04. The minimum absolute atomic E-state index is 0.324. The summed E-state index contributed by atoms with van der Waals surface area (Å²) in [5.74, 6) is 7.61. The van der Waals surface area contributed by atoms with Gasteiger partial charge in [0, 0.05) is 48.3 Å². The van der Waals surface area contributed by atoms with Crippen molar-refractivity contribution < 1.29 is 9.21 Å². The molecule has 0 radical (unpaired) electrons. The first-order valence-corrected chi connectivity index (χ1v) is 21.8. The van der Waals surface area contributed by atoms with E-state index in [2.05, 4.69) is 82.6 Å². The van der Waals surface area contributed by atoms with Crippen LogP contribution in [0.3, 0.4) is 0 Å². The van der Waals surface area contributed by atoms with Crippen LogP contribution in [0.2, 0.25) is 0 Å². The number of benzene rings is 4. The molecule has 1 amide bonds. The normalized spacial score (nSPS) is 10.9. The molecule has 0 aliphatic heterocycles. The fraction of sp³-hybridized carbons (Fsp3) is 0.0377. The van der Waals surface area contributed by atoms with Crippen molar-refractivity contribution in [1.29, 1.82) is 0 Å². The van der Waals surface area contributed by atoms with E-state index < -0.39 is 5.91 Å². The summed E-state index contributed by atoms with van der Waals surface area (Å²) in [6.07, 6.45) is 11.3. The third-order valence-electron chi connectivity index (χ3n) is 10.9. The molecular formula is C53H40N14O2. The maximum atomic E-state index is 12.0. The molecule has 0 saturated heterocycles. The Labute approximate surface area is 394 Å². The van der Waals surface area contributed by atoms with Crippen molar-refractivity contribution in [3.63, 3.8) is 0 Å². The Morgan fingerprint density at radius 2 is 1.04 bits per heavy atom. The quantitative estimate of drug-likeness (QED) is 0.0509. The number of anilines is 2. The molecule has 0 aliphatic carbocycles. The summed E-state index contributed by atoms with van der Waals surface area (Å²) in [7, 11) is 0. The molecule has 7 aromatic heterocycles. The number of aromatic nitrogens is 10. The van der Waals surface area contributed by atoms with Crippen LogP contribution in [-0.2, 0) is 13.1 Å². The second-order valence-electron chi connectivity index (χ2n) is 15.4. The number of pyridine rings is 4. The molecular weight excluding hydrogens is 865 g/mol. The van der Waals surface area contributed by atoms with Gasteiger partial charge in [0.1, 0.15) is 11.6 Å². The molecule has 11 rings (SSSR count). The largest absolute Gasteiger partial charge is 0.423 e. The summed E-state index contributed by atoms with van der Waals surface area (Å²) in [6.45, 7) is 1.01. The number of carbonyl (C=O) groups is 1. The number of nitrogens with two attached hydrogens (primary N) is 1.